The van der Waals surface area contributed by atoms with Gasteiger partial charge >= 0.3 is 0 Å². The maximum Gasteiger partial charge on any atom is 0.191 e. The molecule has 2 rings (SSSR count). The predicted octanol–water partition coefficient (Wildman–Crippen LogP) is 2.63. The molecule has 0 amide bonds. The van der Waals surface area contributed by atoms with Crippen LogP contribution in [0.3, 0.4) is 0 Å². The Morgan fingerprint density at radius 1 is 0.931 bits per heavy atom. The summed E-state index contributed by atoms with van der Waals surface area (Å²) in [5.74, 6) is 1.73. The molecule has 1 heterocycles. The zero-order chi connectivity index (χ0) is 20.4. The van der Waals surface area contributed by atoms with Gasteiger partial charge in [-0.3, -0.25) is 4.99 Å². The summed E-state index contributed by atoms with van der Waals surface area (Å²) in [5, 5.41) is 6.57. The minimum Gasteiger partial charge on any atom is -0.469 e. The lowest BCUT2D eigenvalue weighted by molar-refractivity contribution is 0.0403. The number of aliphatic imine (C=N–C) groups is 1. The van der Waals surface area contributed by atoms with Crippen molar-refractivity contribution in [3.05, 3.63) is 60.1 Å². The SMILES string of the molecule is COCCNC(=NCCCOCCOCc1ccccc1)NCCc1ccco1. The first kappa shape index (κ1) is 22.9. The summed E-state index contributed by atoms with van der Waals surface area (Å²) >= 11 is 0. The number of furan rings is 1. The molecule has 0 saturated carbocycles. The Morgan fingerprint density at radius 3 is 2.55 bits per heavy atom. The Bertz CT molecular complexity index is 647. The predicted molar refractivity (Wildman–Crippen MR) is 114 cm³/mol. The summed E-state index contributed by atoms with van der Waals surface area (Å²) in [4.78, 5) is 4.59. The molecule has 1 aromatic heterocycles. The van der Waals surface area contributed by atoms with E-state index in [1.807, 2.05) is 30.3 Å². The largest absolute Gasteiger partial charge is 0.469 e. The van der Waals surface area contributed by atoms with E-state index in [2.05, 4.69) is 27.8 Å². The number of hydrogen-bond donors (Lipinski definition) is 2. The number of nitrogens with zero attached hydrogens (tertiary/aromatic N) is 1. The normalized spacial score (nSPS) is 11.6. The van der Waals surface area contributed by atoms with Gasteiger partial charge in [-0.05, 0) is 24.1 Å². The van der Waals surface area contributed by atoms with Crippen LogP contribution >= 0.6 is 0 Å². The van der Waals surface area contributed by atoms with Gasteiger partial charge in [0.1, 0.15) is 5.76 Å². The molecule has 0 atom stereocenters. The molecule has 0 spiro atoms. The summed E-state index contributed by atoms with van der Waals surface area (Å²) < 4.78 is 21.6. The molecule has 0 fully saturated rings. The van der Waals surface area contributed by atoms with Crippen LogP contribution in [0, 0.1) is 0 Å². The standard InChI is InChI=1S/C22H33N3O4/c1-26-16-13-25-22(24-12-10-21-9-5-15-29-21)23-11-6-14-27-17-18-28-19-20-7-3-2-4-8-20/h2-5,7-9,15H,6,10-14,16-19H2,1H3,(H2,23,24,25). The molecule has 0 aliphatic carbocycles. The Balaban J connectivity index is 1.53. The van der Waals surface area contributed by atoms with E-state index in [9.17, 15) is 0 Å². The molecule has 0 unspecified atom stereocenters. The van der Waals surface area contributed by atoms with Crippen LogP contribution in [0.15, 0.2) is 58.1 Å². The highest BCUT2D eigenvalue weighted by molar-refractivity contribution is 5.79. The van der Waals surface area contributed by atoms with E-state index in [4.69, 9.17) is 18.6 Å². The molecule has 7 nitrogen and oxygen atoms in total. The molecule has 2 N–H and O–H groups in total. The summed E-state index contributed by atoms with van der Waals surface area (Å²) in [6.07, 6.45) is 3.35. The number of rotatable bonds is 15. The summed E-state index contributed by atoms with van der Waals surface area (Å²) in [5.41, 5.74) is 1.18. The molecule has 0 bridgehead atoms. The third-order valence-electron chi connectivity index (χ3n) is 4.04. The molecule has 0 saturated heterocycles. The van der Waals surface area contributed by atoms with Crippen molar-refractivity contribution >= 4 is 5.96 Å². The van der Waals surface area contributed by atoms with Gasteiger partial charge < -0.3 is 29.3 Å². The zero-order valence-corrected chi connectivity index (χ0v) is 17.3. The molecule has 29 heavy (non-hydrogen) atoms. The average Bonchev–Trinajstić information content (AvgIpc) is 3.26. The van der Waals surface area contributed by atoms with Crippen molar-refractivity contribution < 1.29 is 18.6 Å². The van der Waals surface area contributed by atoms with E-state index in [1.165, 1.54) is 5.56 Å². The lowest BCUT2D eigenvalue weighted by Gasteiger charge is -2.12. The number of hydrogen-bond acceptors (Lipinski definition) is 5. The maximum absolute atomic E-state index is 5.61. The molecule has 7 heteroatoms. The van der Waals surface area contributed by atoms with Gasteiger partial charge in [0.25, 0.3) is 0 Å². The van der Waals surface area contributed by atoms with Crippen molar-refractivity contribution in [3.8, 4) is 0 Å². The number of benzene rings is 1. The number of methoxy groups -OCH3 is 1. The topological polar surface area (TPSA) is 77.2 Å². The second-order valence-electron chi connectivity index (χ2n) is 6.41. The van der Waals surface area contributed by atoms with Gasteiger partial charge in [-0.1, -0.05) is 30.3 Å². The first-order chi connectivity index (χ1) is 14.4. The minimum absolute atomic E-state index is 0.594. The fraction of sp³-hybridized carbons (Fsp3) is 0.500. The van der Waals surface area contributed by atoms with E-state index in [0.29, 0.717) is 46.1 Å². The molecular formula is C22H33N3O4. The van der Waals surface area contributed by atoms with Crippen LogP contribution in [0.4, 0.5) is 0 Å². The minimum atomic E-state index is 0.594. The van der Waals surface area contributed by atoms with Gasteiger partial charge in [-0.15, -0.1) is 0 Å². The Hall–Kier alpha value is -2.35. The third-order valence-corrected chi connectivity index (χ3v) is 4.04. The first-order valence-corrected chi connectivity index (χ1v) is 10.1. The van der Waals surface area contributed by atoms with Crippen LogP contribution in [0.1, 0.15) is 17.7 Å². The van der Waals surface area contributed by atoms with E-state index in [1.54, 1.807) is 13.4 Å². The smallest absolute Gasteiger partial charge is 0.191 e. The van der Waals surface area contributed by atoms with E-state index >= 15 is 0 Å². The van der Waals surface area contributed by atoms with Crippen molar-refractivity contribution in [1.82, 2.24) is 10.6 Å². The maximum atomic E-state index is 5.61. The molecule has 2 aromatic rings. The average molecular weight is 404 g/mol. The van der Waals surface area contributed by atoms with E-state index < -0.39 is 0 Å². The van der Waals surface area contributed by atoms with Crippen LogP contribution in [0.5, 0.6) is 0 Å². The van der Waals surface area contributed by atoms with Crippen LogP contribution in [0.25, 0.3) is 0 Å². The highest BCUT2D eigenvalue weighted by Gasteiger charge is 2.00. The van der Waals surface area contributed by atoms with Gasteiger partial charge in [-0.25, -0.2) is 0 Å². The zero-order valence-electron chi connectivity index (χ0n) is 17.3. The fourth-order valence-corrected chi connectivity index (χ4v) is 2.55. The Morgan fingerprint density at radius 2 is 1.76 bits per heavy atom. The highest BCUT2D eigenvalue weighted by Crippen LogP contribution is 2.00. The number of nitrogens with one attached hydrogen (secondary N) is 2. The Labute approximate surface area is 173 Å². The van der Waals surface area contributed by atoms with Gasteiger partial charge in [0.2, 0.25) is 0 Å². The van der Waals surface area contributed by atoms with Crippen LogP contribution < -0.4 is 10.6 Å². The summed E-state index contributed by atoms with van der Waals surface area (Å²) in [6, 6.07) is 14.0. The molecular weight excluding hydrogens is 370 g/mol. The van der Waals surface area contributed by atoms with Crippen LogP contribution in [-0.2, 0) is 27.2 Å². The molecule has 0 radical (unpaired) electrons. The van der Waals surface area contributed by atoms with Crippen molar-refractivity contribution in [3.63, 3.8) is 0 Å². The van der Waals surface area contributed by atoms with E-state index in [0.717, 1.165) is 31.1 Å². The van der Waals surface area contributed by atoms with Crippen LogP contribution in [0.2, 0.25) is 0 Å². The lowest BCUT2D eigenvalue weighted by atomic mass is 10.2. The quantitative estimate of drug-likeness (QED) is 0.270. The van der Waals surface area contributed by atoms with Crippen molar-refractivity contribution in [1.29, 1.82) is 0 Å². The second-order valence-corrected chi connectivity index (χ2v) is 6.41. The molecule has 0 aliphatic rings. The van der Waals surface area contributed by atoms with Gasteiger partial charge in [0.05, 0.1) is 32.7 Å². The molecule has 0 aliphatic heterocycles. The Kier molecular flexibility index (Phi) is 12.3. The lowest BCUT2D eigenvalue weighted by Crippen LogP contribution is -2.40. The summed E-state index contributed by atoms with van der Waals surface area (Å²) in [6.45, 7) is 5.25. The first-order valence-electron chi connectivity index (χ1n) is 10.1. The fourth-order valence-electron chi connectivity index (χ4n) is 2.55. The monoisotopic (exact) mass is 403 g/mol. The number of guanidine groups is 1. The summed E-state index contributed by atoms with van der Waals surface area (Å²) in [7, 11) is 1.68. The third kappa shape index (κ3) is 11.3. The van der Waals surface area contributed by atoms with E-state index in [-0.39, 0.29) is 0 Å². The van der Waals surface area contributed by atoms with Crippen LogP contribution in [-0.4, -0.2) is 59.1 Å². The van der Waals surface area contributed by atoms with Crippen molar-refractivity contribution in [2.45, 2.75) is 19.4 Å². The van der Waals surface area contributed by atoms with Crippen molar-refractivity contribution in [2.75, 3.05) is 53.2 Å². The number of ether oxygens (including phenoxy) is 3. The van der Waals surface area contributed by atoms with Gasteiger partial charge in [0, 0.05) is 39.8 Å². The van der Waals surface area contributed by atoms with Gasteiger partial charge in [0.15, 0.2) is 5.96 Å². The molecule has 160 valence electrons. The van der Waals surface area contributed by atoms with Crippen molar-refractivity contribution in [2.24, 2.45) is 4.99 Å². The highest BCUT2D eigenvalue weighted by atomic mass is 16.5. The van der Waals surface area contributed by atoms with Gasteiger partial charge in [-0.2, -0.15) is 0 Å². The molecule has 1 aromatic carbocycles. The second kappa shape index (κ2) is 15.6.